The van der Waals surface area contributed by atoms with Crippen molar-refractivity contribution in [1.29, 1.82) is 0 Å². The molecule has 0 amide bonds. The van der Waals surface area contributed by atoms with Gasteiger partial charge in [-0.15, -0.1) is 0 Å². The topological polar surface area (TPSA) is 50.2 Å². The lowest BCUT2D eigenvalue weighted by molar-refractivity contribution is 1.09. The van der Waals surface area contributed by atoms with E-state index in [9.17, 15) is 4.79 Å². The fourth-order valence-electron chi connectivity index (χ4n) is 0.936. The molecule has 2 aromatic heterocycles. The predicted octanol–water partition coefficient (Wildman–Crippen LogP) is -0.848. The van der Waals surface area contributed by atoms with Gasteiger partial charge in [-0.25, -0.2) is 4.98 Å². The minimum Gasteiger partial charge on any atom is -0.305 e. The van der Waals surface area contributed by atoms with Crippen molar-refractivity contribution in [2.75, 3.05) is 0 Å². The molecule has 4 nitrogen and oxygen atoms in total. The Bertz CT molecular complexity index is 413. The molecule has 50 valence electrons. The van der Waals surface area contributed by atoms with Crippen LogP contribution in [0.3, 0.4) is 0 Å². The van der Waals surface area contributed by atoms with Crippen LogP contribution in [0.1, 0.15) is 0 Å². The molecule has 0 saturated carbocycles. The van der Waals surface area contributed by atoms with Crippen molar-refractivity contribution in [2.24, 2.45) is 0 Å². The van der Waals surface area contributed by atoms with Crippen molar-refractivity contribution in [3.05, 3.63) is 28.2 Å². The molecule has 2 aromatic rings. The largest absolute Gasteiger partial charge is 0.305 e. The van der Waals surface area contributed by atoms with Crippen molar-refractivity contribution in [3.8, 4) is 0 Å². The standard InChI is InChI=1S/C6H5N3O/c1-4-8-6(10)5-7-2-3-9(4)5/h2-3H,1H2,(H,8,10). The maximum absolute atomic E-state index is 10.9. The molecule has 10 heavy (non-hydrogen) atoms. The van der Waals surface area contributed by atoms with Crippen molar-refractivity contribution in [1.82, 2.24) is 14.4 Å². The van der Waals surface area contributed by atoms with Gasteiger partial charge >= 0.3 is 0 Å². The van der Waals surface area contributed by atoms with Gasteiger partial charge in [0.1, 0.15) is 5.48 Å². The van der Waals surface area contributed by atoms with Crippen LogP contribution >= 0.6 is 0 Å². The van der Waals surface area contributed by atoms with Gasteiger partial charge in [0.15, 0.2) is 0 Å². The predicted molar refractivity (Wildman–Crippen MR) is 36.6 cm³/mol. The Morgan fingerprint density at radius 1 is 1.70 bits per heavy atom. The van der Waals surface area contributed by atoms with Gasteiger partial charge in [-0.05, 0) is 0 Å². The zero-order valence-electron chi connectivity index (χ0n) is 5.16. The van der Waals surface area contributed by atoms with Crippen LogP contribution < -0.4 is 11.0 Å². The third-order valence-corrected chi connectivity index (χ3v) is 1.39. The molecular formula is C6H5N3O. The van der Waals surface area contributed by atoms with E-state index in [1.54, 1.807) is 16.8 Å². The summed E-state index contributed by atoms with van der Waals surface area (Å²) in [6.45, 7) is 3.61. The summed E-state index contributed by atoms with van der Waals surface area (Å²) in [5.74, 6) is 0. The Hall–Kier alpha value is -1.58. The minimum atomic E-state index is -0.185. The lowest BCUT2D eigenvalue weighted by atomic mass is 10.8. The molecule has 0 unspecified atom stereocenters. The fourth-order valence-corrected chi connectivity index (χ4v) is 0.936. The van der Waals surface area contributed by atoms with E-state index in [0.717, 1.165) is 0 Å². The molecule has 0 saturated heterocycles. The van der Waals surface area contributed by atoms with Crippen molar-refractivity contribution in [3.63, 3.8) is 0 Å². The second-order valence-electron chi connectivity index (χ2n) is 2.02. The first-order chi connectivity index (χ1) is 4.79. The second-order valence-corrected chi connectivity index (χ2v) is 2.02. The lowest BCUT2D eigenvalue weighted by Gasteiger charge is -1.74. The number of imidazole rings is 2. The maximum Gasteiger partial charge on any atom is 0.293 e. The van der Waals surface area contributed by atoms with Crippen LogP contribution in [-0.2, 0) is 0 Å². The molecule has 4 heteroatoms. The van der Waals surface area contributed by atoms with Crippen LogP contribution in [0.25, 0.3) is 12.2 Å². The van der Waals surface area contributed by atoms with Gasteiger partial charge in [-0.3, -0.25) is 9.20 Å². The van der Waals surface area contributed by atoms with Crippen LogP contribution in [0.2, 0.25) is 0 Å². The highest BCUT2D eigenvalue weighted by Gasteiger charge is 1.99. The van der Waals surface area contributed by atoms with Crippen LogP contribution in [0, 0.1) is 0 Å². The van der Waals surface area contributed by atoms with Gasteiger partial charge in [0.2, 0.25) is 5.65 Å². The Kier molecular flexibility index (Phi) is 0.768. The molecule has 0 radical (unpaired) electrons. The summed E-state index contributed by atoms with van der Waals surface area (Å²) in [6, 6.07) is 0. The third-order valence-electron chi connectivity index (χ3n) is 1.39. The summed E-state index contributed by atoms with van der Waals surface area (Å²) in [5, 5.41) is 0. The van der Waals surface area contributed by atoms with Gasteiger partial charge < -0.3 is 4.98 Å². The van der Waals surface area contributed by atoms with Gasteiger partial charge in [-0.2, -0.15) is 0 Å². The highest BCUT2D eigenvalue weighted by molar-refractivity contribution is 5.35. The van der Waals surface area contributed by atoms with E-state index in [0.29, 0.717) is 11.1 Å². The Balaban J connectivity index is 3.28. The smallest absolute Gasteiger partial charge is 0.293 e. The zero-order chi connectivity index (χ0) is 7.14. The molecule has 0 atom stereocenters. The molecule has 2 rings (SSSR count). The van der Waals surface area contributed by atoms with Gasteiger partial charge in [0.05, 0.1) is 0 Å². The van der Waals surface area contributed by atoms with Crippen LogP contribution in [0.15, 0.2) is 17.2 Å². The number of nitrogens with one attached hydrogen (secondary N) is 1. The third kappa shape index (κ3) is 0.452. The summed E-state index contributed by atoms with van der Waals surface area (Å²) < 4.78 is 1.61. The van der Waals surface area contributed by atoms with Crippen LogP contribution in [0.5, 0.6) is 0 Å². The highest BCUT2D eigenvalue weighted by atomic mass is 16.1. The second kappa shape index (κ2) is 1.47. The minimum absolute atomic E-state index is 0.185. The van der Waals surface area contributed by atoms with Crippen LogP contribution in [0.4, 0.5) is 0 Å². The number of nitrogens with zero attached hydrogens (tertiary/aromatic N) is 2. The molecule has 0 bridgehead atoms. The Morgan fingerprint density at radius 3 is 3.20 bits per heavy atom. The fraction of sp³-hybridized carbons (Fsp3) is 0. The lowest BCUT2D eigenvalue weighted by Crippen LogP contribution is -2.09. The van der Waals surface area contributed by atoms with E-state index in [1.807, 2.05) is 0 Å². The molecule has 0 spiro atoms. The molecule has 0 aromatic carbocycles. The number of H-pyrrole nitrogens is 1. The van der Waals surface area contributed by atoms with Gasteiger partial charge in [0, 0.05) is 12.4 Å². The summed E-state index contributed by atoms with van der Waals surface area (Å²) in [4.78, 5) is 17.2. The average Bonchev–Trinajstić information content (AvgIpc) is 2.39. The van der Waals surface area contributed by atoms with E-state index in [-0.39, 0.29) is 5.56 Å². The first kappa shape index (κ1) is 5.22. The van der Waals surface area contributed by atoms with E-state index >= 15 is 0 Å². The monoisotopic (exact) mass is 135 g/mol. The Morgan fingerprint density at radius 2 is 2.50 bits per heavy atom. The summed E-state index contributed by atoms with van der Waals surface area (Å²) >= 11 is 0. The van der Waals surface area contributed by atoms with Crippen LogP contribution in [-0.4, -0.2) is 14.4 Å². The van der Waals surface area contributed by atoms with Crippen molar-refractivity contribution >= 4 is 12.2 Å². The number of aromatic nitrogens is 3. The van der Waals surface area contributed by atoms with Gasteiger partial charge in [0.25, 0.3) is 5.56 Å². The summed E-state index contributed by atoms with van der Waals surface area (Å²) in [6.07, 6.45) is 3.26. The van der Waals surface area contributed by atoms with E-state index in [1.165, 1.54) is 0 Å². The summed E-state index contributed by atoms with van der Waals surface area (Å²) in [5.41, 5.74) is 0.789. The molecule has 0 fully saturated rings. The van der Waals surface area contributed by atoms with E-state index < -0.39 is 0 Å². The molecule has 1 N–H and O–H groups in total. The number of hydrogen-bond acceptors (Lipinski definition) is 2. The average molecular weight is 135 g/mol. The summed E-state index contributed by atoms with van der Waals surface area (Å²) in [7, 11) is 0. The molecule has 0 aliphatic rings. The van der Waals surface area contributed by atoms with Crippen molar-refractivity contribution in [2.45, 2.75) is 0 Å². The number of fused-ring (bicyclic) bond motifs is 1. The van der Waals surface area contributed by atoms with E-state index in [2.05, 4.69) is 16.5 Å². The van der Waals surface area contributed by atoms with Crippen molar-refractivity contribution < 1.29 is 0 Å². The molecular weight excluding hydrogens is 130 g/mol. The van der Waals surface area contributed by atoms with E-state index in [4.69, 9.17) is 0 Å². The normalized spacial score (nSPS) is 10.8. The first-order valence-electron chi connectivity index (χ1n) is 2.83. The number of aromatic amines is 1. The number of rotatable bonds is 0. The maximum atomic E-state index is 10.9. The quantitative estimate of drug-likeness (QED) is 0.511. The highest BCUT2D eigenvalue weighted by Crippen LogP contribution is 1.84. The molecule has 0 aliphatic carbocycles. The van der Waals surface area contributed by atoms with Gasteiger partial charge in [-0.1, -0.05) is 6.58 Å². The first-order valence-corrected chi connectivity index (χ1v) is 2.83. The molecule has 2 heterocycles. The SMILES string of the molecule is C=c1[nH]c(=O)c2nccn12. The molecule has 0 aliphatic heterocycles. The number of hydrogen-bond donors (Lipinski definition) is 1. The Labute approximate surface area is 55.8 Å². The zero-order valence-corrected chi connectivity index (χ0v) is 5.16.